The van der Waals surface area contributed by atoms with Gasteiger partial charge in [0.2, 0.25) is 0 Å². The molecule has 0 aliphatic carbocycles. The minimum absolute atomic E-state index is 0.604. The summed E-state index contributed by atoms with van der Waals surface area (Å²) in [6.07, 6.45) is 0. The molecular formula is C3H7Cl2NO2S. The molecule has 0 amide bonds. The molecule has 0 bridgehead atoms. The van der Waals surface area contributed by atoms with Crippen LogP contribution in [0.25, 0.3) is 0 Å². The number of alkyl halides is 1. The molecule has 0 aliphatic heterocycles. The summed E-state index contributed by atoms with van der Waals surface area (Å²) in [5, 5.41) is 0. The Balaban J connectivity index is 4.24. The van der Waals surface area contributed by atoms with E-state index in [1.807, 2.05) is 0 Å². The van der Waals surface area contributed by atoms with Crippen LogP contribution in [0.15, 0.2) is 0 Å². The Morgan fingerprint density at radius 3 is 1.89 bits per heavy atom. The highest BCUT2D eigenvalue weighted by atomic mass is 35.7. The van der Waals surface area contributed by atoms with Crippen molar-refractivity contribution in [1.29, 1.82) is 0 Å². The fourth-order valence-corrected chi connectivity index (χ4v) is 1.32. The molecule has 0 aromatic carbocycles. The molecule has 3 nitrogen and oxygen atoms in total. The van der Waals surface area contributed by atoms with Crippen LogP contribution in [0.4, 0.5) is 0 Å². The normalized spacial score (nSPS) is 16.1. The quantitative estimate of drug-likeness (QED) is 0.371. The second-order valence-electron chi connectivity index (χ2n) is 1.53. The van der Waals surface area contributed by atoms with Gasteiger partial charge in [0.25, 0.3) is 0 Å². The number of hydrogen-bond donors (Lipinski definition) is 0. The van der Waals surface area contributed by atoms with Gasteiger partial charge in [0.1, 0.15) is 0 Å². The summed E-state index contributed by atoms with van der Waals surface area (Å²) in [4.78, 5) is 0. The van der Waals surface area contributed by atoms with Crippen molar-refractivity contribution in [3.8, 4) is 0 Å². The zero-order valence-corrected chi connectivity index (χ0v) is 7.33. The fraction of sp³-hybridized carbons (Fsp3) is 1.00. The van der Waals surface area contributed by atoms with Crippen LogP contribution in [-0.2, 0) is 9.24 Å². The first kappa shape index (κ1) is 9.49. The van der Waals surface area contributed by atoms with Crippen LogP contribution < -0.4 is 0 Å². The van der Waals surface area contributed by atoms with E-state index in [-0.39, 0.29) is 0 Å². The molecule has 0 saturated heterocycles. The lowest BCUT2D eigenvalue weighted by atomic mass is 10.8. The van der Waals surface area contributed by atoms with Gasteiger partial charge in [-0.2, -0.15) is 12.7 Å². The van der Waals surface area contributed by atoms with Crippen LogP contribution >= 0.6 is 22.3 Å². The van der Waals surface area contributed by atoms with Gasteiger partial charge in [-0.3, -0.25) is 0 Å². The van der Waals surface area contributed by atoms with Crippen LogP contribution in [0.2, 0.25) is 0 Å². The minimum atomic E-state index is -3.63. The number of halogens is 2. The average Bonchev–Trinajstić information content (AvgIpc) is 1.62. The summed E-state index contributed by atoms with van der Waals surface area (Å²) in [6.45, 7) is 1.52. The maximum Gasteiger partial charge on any atom is 0.300 e. The van der Waals surface area contributed by atoms with E-state index in [4.69, 9.17) is 22.3 Å². The minimum Gasteiger partial charge on any atom is -0.195 e. The van der Waals surface area contributed by atoms with Gasteiger partial charge >= 0.3 is 9.24 Å². The summed E-state index contributed by atoms with van der Waals surface area (Å²) in [5.41, 5.74) is -0.604. The zero-order chi connectivity index (χ0) is 7.65. The van der Waals surface area contributed by atoms with Crippen molar-refractivity contribution in [2.75, 3.05) is 7.05 Å². The van der Waals surface area contributed by atoms with E-state index in [0.29, 0.717) is 0 Å². The first-order chi connectivity index (χ1) is 3.85. The van der Waals surface area contributed by atoms with E-state index >= 15 is 0 Å². The Hall–Kier alpha value is 0.490. The van der Waals surface area contributed by atoms with Crippen molar-refractivity contribution in [3.63, 3.8) is 0 Å². The van der Waals surface area contributed by atoms with Crippen LogP contribution in [-0.4, -0.2) is 25.3 Å². The maximum absolute atomic E-state index is 10.4. The average molecular weight is 192 g/mol. The van der Waals surface area contributed by atoms with Crippen molar-refractivity contribution in [2.24, 2.45) is 0 Å². The van der Waals surface area contributed by atoms with E-state index in [0.717, 1.165) is 4.31 Å². The van der Waals surface area contributed by atoms with Crippen molar-refractivity contribution >= 4 is 31.5 Å². The predicted octanol–water partition coefficient (Wildman–Crippen LogP) is 0.987. The van der Waals surface area contributed by atoms with E-state index in [2.05, 4.69) is 0 Å². The Bertz CT molecular complexity index is 176. The number of nitrogens with zero attached hydrogens (tertiary/aromatic N) is 1. The van der Waals surface area contributed by atoms with Gasteiger partial charge in [-0.15, -0.1) is 11.6 Å². The summed E-state index contributed by atoms with van der Waals surface area (Å²) >= 11 is 5.38. The third-order valence-electron chi connectivity index (χ3n) is 0.845. The summed E-state index contributed by atoms with van der Waals surface area (Å²) in [7, 11) is 2.57. The molecule has 0 spiro atoms. The van der Waals surface area contributed by atoms with Gasteiger partial charge in [-0.25, -0.2) is 0 Å². The topological polar surface area (TPSA) is 37.4 Å². The lowest BCUT2D eigenvalue weighted by molar-refractivity contribution is 0.475. The van der Waals surface area contributed by atoms with Gasteiger partial charge in [-0.05, 0) is 6.92 Å². The predicted molar refractivity (Wildman–Crippen MR) is 37.9 cm³/mol. The lowest BCUT2D eigenvalue weighted by Gasteiger charge is -2.13. The highest BCUT2D eigenvalue weighted by molar-refractivity contribution is 8.11. The Kier molecular flexibility index (Phi) is 3.22. The van der Waals surface area contributed by atoms with Crippen LogP contribution in [0, 0.1) is 0 Å². The molecule has 0 aromatic rings. The Morgan fingerprint density at radius 1 is 1.56 bits per heavy atom. The second-order valence-corrected chi connectivity index (χ2v) is 4.73. The van der Waals surface area contributed by atoms with Gasteiger partial charge < -0.3 is 0 Å². The SMILES string of the molecule is CC(Cl)N(C)S(=O)(=O)Cl. The molecule has 0 saturated carbocycles. The van der Waals surface area contributed by atoms with E-state index < -0.39 is 14.7 Å². The molecule has 0 fully saturated rings. The molecule has 0 rings (SSSR count). The third-order valence-corrected chi connectivity index (χ3v) is 2.91. The van der Waals surface area contributed by atoms with Gasteiger partial charge in [0.15, 0.2) is 0 Å². The lowest BCUT2D eigenvalue weighted by Crippen LogP contribution is -2.27. The Labute approximate surface area is 64.1 Å². The van der Waals surface area contributed by atoms with Crippen LogP contribution in [0.1, 0.15) is 6.92 Å². The molecule has 9 heavy (non-hydrogen) atoms. The molecule has 1 unspecified atom stereocenters. The molecule has 0 aromatic heterocycles. The summed E-state index contributed by atoms with van der Waals surface area (Å²) in [5.74, 6) is 0. The second kappa shape index (κ2) is 3.05. The molecule has 6 heteroatoms. The molecule has 0 heterocycles. The van der Waals surface area contributed by atoms with Crippen molar-refractivity contribution in [3.05, 3.63) is 0 Å². The van der Waals surface area contributed by atoms with Crippen molar-refractivity contribution in [2.45, 2.75) is 12.4 Å². The van der Waals surface area contributed by atoms with Crippen LogP contribution in [0.5, 0.6) is 0 Å². The van der Waals surface area contributed by atoms with Crippen molar-refractivity contribution in [1.82, 2.24) is 4.31 Å². The van der Waals surface area contributed by atoms with Gasteiger partial charge in [0.05, 0.1) is 5.50 Å². The van der Waals surface area contributed by atoms with E-state index in [1.54, 1.807) is 0 Å². The number of hydrogen-bond acceptors (Lipinski definition) is 2. The van der Waals surface area contributed by atoms with E-state index in [1.165, 1.54) is 14.0 Å². The van der Waals surface area contributed by atoms with Gasteiger partial charge in [-0.1, -0.05) is 0 Å². The molecular weight excluding hydrogens is 185 g/mol. The fourth-order valence-electron chi connectivity index (χ4n) is 0.173. The highest BCUT2D eigenvalue weighted by Gasteiger charge is 2.17. The third kappa shape index (κ3) is 3.25. The smallest absolute Gasteiger partial charge is 0.195 e. The summed E-state index contributed by atoms with van der Waals surface area (Å²) in [6, 6.07) is 0. The molecule has 0 aliphatic rings. The first-order valence-electron chi connectivity index (χ1n) is 2.17. The monoisotopic (exact) mass is 191 g/mol. The van der Waals surface area contributed by atoms with Gasteiger partial charge in [0, 0.05) is 17.7 Å². The standard InChI is InChI=1S/C3H7Cl2NO2S/c1-3(4)6(2)9(5,7)8/h3H,1-2H3. The highest BCUT2D eigenvalue weighted by Crippen LogP contribution is 2.09. The maximum atomic E-state index is 10.4. The molecule has 56 valence electrons. The molecule has 0 N–H and O–H groups in total. The molecule has 1 atom stereocenters. The summed E-state index contributed by atoms with van der Waals surface area (Å²) < 4.78 is 21.6. The first-order valence-corrected chi connectivity index (χ1v) is 4.87. The van der Waals surface area contributed by atoms with Crippen LogP contribution in [0.3, 0.4) is 0 Å². The Morgan fingerprint density at radius 2 is 1.89 bits per heavy atom. The van der Waals surface area contributed by atoms with E-state index in [9.17, 15) is 8.42 Å². The zero-order valence-electron chi connectivity index (χ0n) is 5.01. The van der Waals surface area contributed by atoms with Crippen molar-refractivity contribution < 1.29 is 8.42 Å². The molecule has 0 radical (unpaired) electrons. The number of rotatable bonds is 2. The largest absolute Gasteiger partial charge is 0.300 e.